The van der Waals surface area contributed by atoms with E-state index in [1.165, 1.54) is 6.92 Å². The fraction of sp³-hybridized carbons (Fsp3) is 0.385. The summed E-state index contributed by atoms with van der Waals surface area (Å²) in [6.45, 7) is 0.826. The summed E-state index contributed by atoms with van der Waals surface area (Å²) in [5, 5.41) is 8.66. The normalized spacial score (nSPS) is 11.1. The van der Waals surface area contributed by atoms with Crippen molar-refractivity contribution in [3.63, 3.8) is 0 Å². The van der Waals surface area contributed by atoms with Crippen LogP contribution in [0.4, 0.5) is 0 Å². The van der Waals surface area contributed by atoms with Crippen LogP contribution in [0.3, 0.4) is 0 Å². The molecule has 0 radical (unpaired) electrons. The third-order valence-corrected chi connectivity index (χ3v) is 3.50. The van der Waals surface area contributed by atoms with Gasteiger partial charge in [0.05, 0.1) is 17.9 Å². The molecule has 1 rings (SSSR count). The topological polar surface area (TPSA) is 249 Å². The number of phosphoric ester groups is 1. The van der Waals surface area contributed by atoms with E-state index in [1.54, 1.807) is 0 Å². The average molecular weight is 439 g/mol. The number of aromatic nitrogens is 1. The second-order valence-corrected chi connectivity index (χ2v) is 6.19. The van der Waals surface area contributed by atoms with Crippen LogP contribution in [-0.4, -0.2) is 78.1 Å². The number of nitrogens with two attached hydrogens (primary N) is 1. The standard InChI is InChI=1S/C13H17N2O9P.Mg.2H2O.2H/c1-7-12(24-11(17)3-2-10(14)13(18)19)9(5-16)8(4-15-7)6-23-25(20,21)22;;;;;/h4-5,10H,2-3,6,14H2,1H3,(H,18,19)(H2,20,21,22);;2*1H2;;/q;+2;;;2*-1/t10-;;;;;/m0...../s1. The quantitative estimate of drug-likeness (QED) is 0.143. The van der Waals surface area contributed by atoms with E-state index in [9.17, 15) is 18.9 Å². The second kappa shape index (κ2) is 13.7. The van der Waals surface area contributed by atoms with Gasteiger partial charge in [0.1, 0.15) is 6.04 Å². The number of carbonyl (C=O) groups is 3. The van der Waals surface area contributed by atoms with Gasteiger partial charge in [0.25, 0.3) is 0 Å². The molecule has 1 heterocycles. The van der Waals surface area contributed by atoms with Crippen LogP contribution in [0.5, 0.6) is 5.75 Å². The van der Waals surface area contributed by atoms with Gasteiger partial charge in [0.2, 0.25) is 0 Å². The molecular formula is C13H23MgN2O11P. The molecule has 0 aliphatic carbocycles. The van der Waals surface area contributed by atoms with E-state index >= 15 is 0 Å². The molecule has 15 heteroatoms. The Morgan fingerprint density at radius 3 is 2.43 bits per heavy atom. The molecule has 9 N–H and O–H groups in total. The number of carboxylic acid groups (broad SMARTS) is 1. The molecule has 0 aliphatic rings. The Morgan fingerprint density at radius 2 is 1.96 bits per heavy atom. The van der Waals surface area contributed by atoms with Crippen molar-refractivity contribution in [2.45, 2.75) is 32.4 Å². The molecule has 0 aromatic carbocycles. The number of esters is 1. The second-order valence-electron chi connectivity index (χ2n) is 4.95. The number of aldehydes is 1. The Balaban J connectivity index is -0.000000417. The smallest absolute Gasteiger partial charge is 1.00 e. The van der Waals surface area contributed by atoms with E-state index in [1.807, 2.05) is 0 Å². The Bertz CT molecular complexity index is 735. The number of carbonyl (C=O) groups excluding carboxylic acids is 2. The molecule has 158 valence electrons. The molecule has 1 atom stereocenters. The molecule has 0 fully saturated rings. The molecule has 0 bridgehead atoms. The fourth-order valence-corrected chi connectivity index (χ4v) is 2.04. The summed E-state index contributed by atoms with van der Waals surface area (Å²) >= 11 is 0. The van der Waals surface area contributed by atoms with Gasteiger partial charge in [-0.05, 0) is 13.3 Å². The van der Waals surface area contributed by atoms with E-state index in [-0.39, 0.29) is 72.3 Å². The first kappa shape index (κ1) is 31.2. The van der Waals surface area contributed by atoms with E-state index < -0.39 is 32.4 Å². The van der Waals surface area contributed by atoms with Crippen LogP contribution >= 0.6 is 7.82 Å². The monoisotopic (exact) mass is 438 g/mol. The first-order chi connectivity index (χ1) is 11.5. The zero-order chi connectivity index (χ0) is 19.2. The molecule has 0 spiro atoms. The summed E-state index contributed by atoms with van der Waals surface area (Å²) in [6.07, 6.45) is 1.01. The van der Waals surface area contributed by atoms with Crippen molar-refractivity contribution in [1.82, 2.24) is 4.98 Å². The summed E-state index contributed by atoms with van der Waals surface area (Å²) in [5.74, 6) is -2.30. The maximum atomic E-state index is 11.8. The predicted molar refractivity (Wildman–Crippen MR) is 96.9 cm³/mol. The number of rotatable bonds is 9. The van der Waals surface area contributed by atoms with Crippen molar-refractivity contribution in [1.29, 1.82) is 0 Å². The number of nitrogens with zero attached hydrogens (tertiary/aromatic N) is 1. The molecule has 0 aliphatic heterocycles. The SMILES string of the molecule is Cc1ncc(COP(=O)(O)O)c(C=O)c1OC(=O)CC[C@H](N)C(=O)O.O.O.[H-].[H-].[Mg+2]. The van der Waals surface area contributed by atoms with Crippen molar-refractivity contribution >= 4 is 49.1 Å². The van der Waals surface area contributed by atoms with E-state index in [2.05, 4.69) is 9.51 Å². The van der Waals surface area contributed by atoms with Crippen molar-refractivity contribution in [3.8, 4) is 5.75 Å². The van der Waals surface area contributed by atoms with E-state index in [0.29, 0.717) is 6.29 Å². The largest absolute Gasteiger partial charge is 2.00 e. The van der Waals surface area contributed by atoms with Gasteiger partial charge in [-0.1, -0.05) is 0 Å². The predicted octanol–water partition coefficient (Wildman–Crippen LogP) is -1.90. The van der Waals surface area contributed by atoms with Crippen LogP contribution in [0.25, 0.3) is 0 Å². The van der Waals surface area contributed by atoms with Crippen LogP contribution in [0.15, 0.2) is 6.20 Å². The number of carboxylic acids is 1. The average Bonchev–Trinajstić information content (AvgIpc) is 2.52. The Labute approximate surface area is 178 Å². The van der Waals surface area contributed by atoms with Gasteiger partial charge >= 0.3 is 42.8 Å². The van der Waals surface area contributed by atoms with Gasteiger partial charge in [-0.3, -0.25) is 23.9 Å². The first-order valence-electron chi connectivity index (χ1n) is 6.88. The zero-order valence-electron chi connectivity index (χ0n) is 16.8. The van der Waals surface area contributed by atoms with Gasteiger partial charge in [-0.15, -0.1) is 0 Å². The summed E-state index contributed by atoms with van der Waals surface area (Å²) in [4.78, 5) is 55.0. The number of hydrogen-bond donors (Lipinski definition) is 4. The number of hydrogen-bond acceptors (Lipinski definition) is 8. The fourth-order valence-electron chi connectivity index (χ4n) is 1.73. The zero-order valence-corrected chi connectivity index (χ0v) is 17.1. The van der Waals surface area contributed by atoms with Gasteiger partial charge in [0.15, 0.2) is 12.0 Å². The van der Waals surface area contributed by atoms with E-state index in [4.69, 9.17) is 25.4 Å². The van der Waals surface area contributed by atoms with Gasteiger partial charge in [-0.2, -0.15) is 0 Å². The molecular weight excluding hydrogens is 415 g/mol. The Morgan fingerprint density at radius 1 is 1.39 bits per heavy atom. The minimum atomic E-state index is -4.77. The Kier molecular flexibility index (Phi) is 15.2. The number of pyridine rings is 1. The third kappa shape index (κ3) is 10.2. The summed E-state index contributed by atoms with van der Waals surface area (Å²) < 4.78 is 20.1. The maximum Gasteiger partial charge on any atom is 2.00 e. The van der Waals surface area contributed by atoms with Gasteiger partial charge in [-0.25, -0.2) is 4.57 Å². The van der Waals surface area contributed by atoms with Crippen LogP contribution < -0.4 is 10.5 Å². The van der Waals surface area contributed by atoms with Crippen LogP contribution in [0, 0.1) is 6.92 Å². The minimum Gasteiger partial charge on any atom is -1.00 e. The molecule has 1 aromatic rings. The van der Waals surface area contributed by atoms with Gasteiger partial charge < -0.3 is 39.2 Å². The molecule has 13 nitrogen and oxygen atoms in total. The van der Waals surface area contributed by atoms with Crippen LogP contribution in [0.1, 0.15) is 37.3 Å². The van der Waals surface area contributed by atoms with Gasteiger partial charge in [0, 0.05) is 18.2 Å². The number of phosphoric acid groups is 1. The van der Waals surface area contributed by atoms with Crippen molar-refractivity contribution in [3.05, 3.63) is 23.0 Å². The summed E-state index contributed by atoms with van der Waals surface area (Å²) in [7, 11) is -4.77. The van der Waals surface area contributed by atoms with Crippen molar-refractivity contribution in [2.24, 2.45) is 5.73 Å². The third-order valence-electron chi connectivity index (χ3n) is 3.03. The molecule has 0 unspecified atom stereocenters. The molecule has 0 saturated carbocycles. The first-order valence-corrected chi connectivity index (χ1v) is 8.41. The molecule has 28 heavy (non-hydrogen) atoms. The van der Waals surface area contributed by atoms with Crippen molar-refractivity contribution < 1.29 is 56.9 Å². The number of ether oxygens (including phenoxy) is 1. The Hall–Kier alpha value is -1.48. The maximum absolute atomic E-state index is 11.8. The van der Waals surface area contributed by atoms with Crippen LogP contribution in [-0.2, 0) is 25.3 Å². The minimum absolute atomic E-state index is 0. The molecule has 0 saturated heterocycles. The number of aryl methyl sites for hydroxylation is 1. The number of aliphatic carboxylic acids is 1. The molecule has 0 amide bonds. The summed E-state index contributed by atoms with van der Waals surface area (Å²) in [5.41, 5.74) is 5.31. The van der Waals surface area contributed by atoms with E-state index in [0.717, 1.165) is 6.20 Å². The molecule has 1 aromatic heterocycles. The van der Waals surface area contributed by atoms with Crippen molar-refractivity contribution in [2.75, 3.05) is 0 Å². The van der Waals surface area contributed by atoms with Crippen LogP contribution in [0.2, 0.25) is 0 Å². The summed E-state index contributed by atoms with van der Waals surface area (Å²) in [6, 6.07) is -1.24.